The summed E-state index contributed by atoms with van der Waals surface area (Å²) in [6.07, 6.45) is 3.31. The highest BCUT2D eigenvalue weighted by molar-refractivity contribution is 5.36. The molecule has 16 heavy (non-hydrogen) atoms. The molecule has 2 N–H and O–H groups in total. The lowest BCUT2D eigenvalue weighted by molar-refractivity contribution is -0.391. The largest absolute Gasteiger partial charge is 0.358 e. The van der Waals surface area contributed by atoms with E-state index in [1.807, 2.05) is 0 Å². The van der Waals surface area contributed by atoms with E-state index < -0.39 is 4.92 Å². The summed E-state index contributed by atoms with van der Waals surface area (Å²) in [4.78, 5) is 14.2. The molecule has 1 saturated heterocycles. The monoisotopic (exact) mass is 225 g/mol. The predicted molar refractivity (Wildman–Crippen MR) is 59.4 cm³/mol. The van der Waals surface area contributed by atoms with Gasteiger partial charge in [-0.25, -0.2) is 0 Å². The number of nitrogens with one attached hydrogen (secondary N) is 2. The van der Waals surface area contributed by atoms with Crippen LogP contribution in [0.2, 0.25) is 0 Å². The number of nitrogens with zero attached hydrogens (tertiary/aromatic N) is 3. The molecule has 1 aromatic heterocycles. The van der Waals surface area contributed by atoms with Crippen LogP contribution in [0.1, 0.15) is 12.8 Å². The van der Waals surface area contributed by atoms with E-state index in [0.717, 1.165) is 25.9 Å². The van der Waals surface area contributed by atoms with Crippen molar-refractivity contribution in [3.8, 4) is 0 Å². The van der Waals surface area contributed by atoms with Crippen LogP contribution in [-0.4, -0.2) is 33.6 Å². The van der Waals surface area contributed by atoms with Crippen molar-refractivity contribution in [2.24, 2.45) is 7.05 Å². The van der Waals surface area contributed by atoms with Gasteiger partial charge in [-0.1, -0.05) is 0 Å². The average Bonchev–Trinajstić information content (AvgIpc) is 2.62. The Morgan fingerprint density at radius 1 is 1.62 bits per heavy atom. The van der Waals surface area contributed by atoms with Crippen molar-refractivity contribution in [2.75, 3.05) is 18.4 Å². The van der Waals surface area contributed by atoms with Crippen LogP contribution in [0.4, 0.5) is 11.8 Å². The summed E-state index contributed by atoms with van der Waals surface area (Å²) in [5, 5.41) is 17.1. The molecule has 1 fully saturated rings. The molecule has 88 valence electrons. The molecule has 0 unspecified atom stereocenters. The first-order valence-corrected chi connectivity index (χ1v) is 5.32. The minimum absolute atomic E-state index is 0.0106. The Bertz CT molecular complexity index is 383. The maximum Gasteiger partial charge on any atom is 0.344 e. The number of nitro groups is 1. The molecular weight excluding hydrogens is 210 g/mol. The van der Waals surface area contributed by atoms with Gasteiger partial charge in [0.1, 0.15) is 6.20 Å². The van der Waals surface area contributed by atoms with Gasteiger partial charge < -0.3 is 20.7 Å². The van der Waals surface area contributed by atoms with Gasteiger partial charge in [0.2, 0.25) is 0 Å². The molecule has 7 nitrogen and oxygen atoms in total. The van der Waals surface area contributed by atoms with Crippen molar-refractivity contribution in [2.45, 2.75) is 18.9 Å². The van der Waals surface area contributed by atoms with Gasteiger partial charge in [-0.15, -0.1) is 0 Å². The molecule has 0 aromatic carbocycles. The molecule has 0 aliphatic carbocycles. The van der Waals surface area contributed by atoms with Crippen LogP contribution < -0.4 is 10.6 Å². The van der Waals surface area contributed by atoms with Gasteiger partial charge >= 0.3 is 5.82 Å². The van der Waals surface area contributed by atoms with Crippen LogP contribution in [0.3, 0.4) is 0 Å². The van der Waals surface area contributed by atoms with Crippen molar-refractivity contribution in [3.63, 3.8) is 0 Å². The fourth-order valence-corrected chi connectivity index (χ4v) is 1.85. The second-order valence-corrected chi connectivity index (χ2v) is 3.92. The molecule has 2 rings (SSSR count). The minimum Gasteiger partial charge on any atom is -0.358 e. The van der Waals surface area contributed by atoms with Crippen molar-refractivity contribution in [1.29, 1.82) is 0 Å². The molecule has 0 amide bonds. The van der Waals surface area contributed by atoms with E-state index in [0.29, 0.717) is 12.0 Å². The predicted octanol–water partition coefficient (Wildman–Crippen LogP) is 0.492. The standard InChI is InChI=1S/C9H15N5O2/c1-13-8(14(15)16)6-11-9(13)12-7-2-4-10-5-3-7/h6-7,10H,2-5H2,1H3,(H,11,12). The first-order chi connectivity index (χ1) is 7.68. The van der Waals surface area contributed by atoms with Gasteiger partial charge in [0, 0.05) is 6.04 Å². The van der Waals surface area contributed by atoms with Gasteiger partial charge in [0.15, 0.2) is 0 Å². The van der Waals surface area contributed by atoms with Gasteiger partial charge in [-0.3, -0.25) is 0 Å². The van der Waals surface area contributed by atoms with E-state index >= 15 is 0 Å². The van der Waals surface area contributed by atoms with E-state index in [-0.39, 0.29) is 5.82 Å². The lowest BCUT2D eigenvalue weighted by Crippen LogP contribution is -2.35. The number of aromatic nitrogens is 2. The number of anilines is 1. The Hall–Kier alpha value is -1.63. The van der Waals surface area contributed by atoms with E-state index in [1.54, 1.807) is 7.05 Å². The topological polar surface area (TPSA) is 85.0 Å². The highest BCUT2D eigenvalue weighted by Gasteiger charge is 2.20. The smallest absolute Gasteiger partial charge is 0.344 e. The third-order valence-corrected chi connectivity index (χ3v) is 2.82. The fraction of sp³-hybridized carbons (Fsp3) is 0.667. The van der Waals surface area contributed by atoms with E-state index in [9.17, 15) is 10.1 Å². The van der Waals surface area contributed by atoms with E-state index in [1.165, 1.54) is 10.8 Å². The Morgan fingerprint density at radius 2 is 2.31 bits per heavy atom. The summed E-state index contributed by atoms with van der Waals surface area (Å²) in [6.45, 7) is 1.95. The molecule has 1 aliphatic heterocycles. The van der Waals surface area contributed by atoms with Crippen molar-refractivity contribution in [1.82, 2.24) is 14.9 Å². The SMILES string of the molecule is Cn1c([N+](=O)[O-])cnc1NC1CCNCC1. The summed E-state index contributed by atoms with van der Waals surface area (Å²) in [6, 6.07) is 0.349. The Balaban J connectivity index is 2.06. The average molecular weight is 225 g/mol. The third-order valence-electron chi connectivity index (χ3n) is 2.82. The number of rotatable bonds is 3. The minimum atomic E-state index is -0.430. The molecule has 0 bridgehead atoms. The Morgan fingerprint density at radius 3 is 2.88 bits per heavy atom. The normalized spacial score (nSPS) is 17.3. The summed E-state index contributed by atoms with van der Waals surface area (Å²) >= 11 is 0. The summed E-state index contributed by atoms with van der Waals surface area (Å²) in [5.41, 5.74) is 0. The third kappa shape index (κ3) is 2.13. The van der Waals surface area contributed by atoms with Crippen molar-refractivity contribution in [3.05, 3.63) is 16.3 Å². The zero-order valence-electron chi connectivity index (χ0n) is 9.14. The molecular formula is C9H15N5O2. The first kappa shape index (κ1) is 10.9. The van der Waals surface area contributed by atoms with Crippen LogP contribution in [0.5, 0.6) is 0 Å². The zero-order valence-corrected chi connectivity index (χ0v) is 9.14. The van der Waals surface area contributed by atoms with Gasteiger partial charge in [-0.2, -0.15) is 9.55 Å². The fourth-order valence-electron chi connectivity index (χ4n) is 1.85. The van der Waals surface area contributed by atoms with Crippen molar-refractivity contribution < 1.29 is 4.92 Å². The maximum atomic E-state index is 10.6. The maximum absolute atomic E-state index is 10.6. The van der Waals surface area contributed by atoms with E-state index in [2.05, 4.69) is 15.6 Å². The van der Waals surface area contributed by atoms with Crippen LogP contribution in [0.25, 0.3) is 0 Å². The molecule has 1 aromatic rings. The highest BCUT2D eigenvalue weighted by atomic mass is 16.6. The van der Waals surface area contributed by atoms with Gasteiger partial charge in [0.05, 0.1) is 7.05 Å². The van der Waals surface area contributed by atoms with Gasteiger partial charge in [-0.05, 0) is 30.9 Å². The molecule has 0 saturated carbocycles. The lowest BCUT2D eigenvalue weighted by Gasteiger charge is -2.22. The highest BCUT2D eigenvalue weighted by Crippen LogP contribution is 2.17. The molecule has 1 aliphatic rings. The second-order valence-electron chi connectivity index (χ2n) is 3.92. The quantitative estimate of drug-likeness (QED) is 0.577. The van der Waals surface area contributed by atoms with Crippen LogP contribution >= 0.6 is 0 Å². The number of hydrogen-bond donors (Lipinski definition) is 2. The van der Waals surface area contributed by atoms with Crippen LogP contribution in [0.15, 0.2) is 6.20 Å². The summed E-state index contributed by atoms with van der Waals surface area (Å²) < 4.78 is 1.47. The lowest BCUT2D eigenvalue weighted by atomic mass is 10.1. The number of piperidine rings is 1. The number of hydrogen-bond acceptors (Lipinski definition) is 5. The molecule has 0 spiro atoms. The number of imidazole rings is 1. The summed E-state index contributed by atoms with van der Waals surface area (Å²) in [7, 11) is 1.65. The van der Waals surface area contributed by atoms with Crippen LogP contribution in [0, 0.1) is 10.1 Å². The summed E-state index contributed by atoms with van der Waals surface area (Å²) in [5.74, 6) is 0.579. The molecule has 0 atom stereocenters. The Labute approximate surface area is 93.0 Å². The van der Waals surface area contributed by atoms with Gasteiger partial charge in [0.25, 0.3) is 5.95 Å². The molecule has 0 radical (unpaired) electrons. The second kappa shape index (κ2) is 4.48. The van der Waals surface area contributed by atoms with Crippen molar-refractivity contribution >= 4 is 11.8 Å². The first-order valence-electron chi connectivity index (χ1n) is 5.32. The zero-order chi connectivity index (χ0) is 11.5. The Kier molecular flexibility index (Phi) is 3.04. The molecule has 7 heteroatoms. The van der Waals surface area contributed by atoms with E-state index in [4.69, 9.17) is 0 Å². The van der Waals surface area contributed by atoms with Crippen LogP contribution in [-0.2, 0) is 7.05 Å². The molecule has 2 heterocycles.